The van der Waals surface area contributed by atoms with Crippen molar-refractivity contribution < 1.29 is 9.21 Å². The van der Waals surface area contributed by atoms with Crippen LogP contribution in [0.3, 0.4) is 0 Å². The Balaban J connectivity index is 1.49. The highest BCUT2D eigenvalue weighted by Crippen LogP contribution is 2.30. The van der Waals surface area contributed by atoms with Crippen molar-refractivity contribution in [1.29, 1.82) is 0 Å². The van der Waals surface area contributed by atoms with Gasteiger partial charge in [-0.15, -0.1) is 0 Å². The second-order valence-electron chi connectivity index (χ2n) is 8.38. The maximum absolute atomic E-state index is 12.7. The zero-order valence-corrected chi connectivity index (χ0v) is 15.2. The summed E-state index contributed by atoms with van der Waals surface area (Å²) in [7, 11) is 0. The molecular weight excluding hydrogens is 312 g/mol. The summed E-state index contributed by atoms with van der Waals surface area (Å²) in [5.41, 5.74) is 2.43. The summed E-state index contributed by atoms with van der Waals surface area (Å²) in [5.74, 6) is 2.42. The molecular formula is C21H26N2O2. The summed E-state index contributed by atoms with van der Waals surface area (Å²) in [4.78, 5) is 14.7. The quantitative estimate of drug-likeness (QED) is 0.911. The van der Waals surface area contributed by atoms with Gasteiger partial charge in [0.05, 0.1) is 0 Å². The fourth-order valence-electron chi connectivity index (χ4n) is 3.92. The Labute approximate surface area is 149 Å². The fraction of sp³-hybridized carbons (Fsp3) is 0.476. The number of carbonyl (C=O) groups is 1. The molecule has 2 atom stereocenters. The molecule has 1 N–H and O–H groups in total. The summed E-state index contributed by atoms with van der Waals surface area (Å²) in [6, 6.07) is 12.1. The highest BCUT2D eigenvalue weighted by atomic mass is 16.4. The minimum absolute atomic E-state index is 0.0203. The standard InChI is InChI=1S/C21H26N2O2/c1-21(2,3)17-6-4-14(5-7-17)18-8-9-19(25-18)20(24)23-12-15-10-22-11-16(15)13-23/h4-9,15-16,22H,10-13H2,1-3H3/t15-,16+. The first-order valence-corrected chi connectivity index (χ1v) is 9.12. The van der Waals surface area contributed by atoms with E-state index < -0.39 is 0 Å². The van der Waals surface area contributed by atoms with Crippen LogP contribution in [0.5, 0.6) is 0 Å². The van der Waals surface area contributed by atoms with Crippen LogP contribution < -0.4 is 5.32 Å². The van der Waals surface area contributed by atoms with Crippen LogP contribution >= 0.6 is 0 Å². The molecule has 0 unspecified atom stereocenters. The largest absolute Gasteiger partial charge is 0.451 e. The molecule has 1 aromatic heterocycles. The van der Waals surface area contributed by atoms with E-state index in [9.17, 15) is 4.79 Å². The summed E-state index contributed by atoms with van der Waals surface area (Å²) in [5, 5.41) is 3.40. The number of nitrogens with zero attached hydrogens (tertiary/aromatic N) is 1. The molecule has 0 bridgehead atoms. The highest BCUT2D eigenvalue weighted by molar-refractivity contribution is 5.92. The predicted octanol–water partition coefficient (Wildman–Crippen LogP) is 3.54. The first-order chi connectivity index (χ1) is 11.9. The molecule has 0 saturated carbocycles. The highest BCUT2D eigenvalue weighted by Gasteiger charge is 2.38. The van der Waals surface area contributed by atoms with Gasteiger partial charge in [0.1, 0.15) is 5.76 Å². The predicted molar refractivity (Wildman–Crippen MR) is 98.6 cm³/mol. The van der Waals surface area contributed by atoms with E-state index in [2.05, 4.69) is 50.4 Å². The van der Waals surface area contributed by atoms with E-state index in [1.807, 2.05) is 17.0 Å². The Morgan fingerprint density at radius 3 is 2.28 bits per heavy atom. The smallest absolute Gasteiger partial charge is 0.289 e. The van der Waals surface area contributed by atoms with E-state index >= 15 is 0 Å². The lowest BCUT2D eigenvalue weighted by Crippen LogP contribution is -2.31. The molecule has 2 aromatic rings. The average Bonchev–Trinajstić information content (AvgIpc) is 3.29. The maximum Gasteiger partial charge on any atom is 0.289 e. The van der Waals surface area contributed by atoms with Crippen LogP contribution in [0.2, 0.25) is 0 Å². The monoisotopic (exact) mass is 338 g/mol. The second-order valence-corrected chi connectivity index (χ2v) is 8.38. The third-order valence-corrected chi connectivity index (χ3v) is 5.53. The molecule has 25 heavy (non-hydrogen) atoms. The van der Waals surface area contributed by atoms with Gasteiger partial charge in [0.25, 0.3) is 5.91 Å². The van der Waals surface area contributed by atoms with E-state index in [1.165, 1.54) is 5.56 Å². The summed E-state index contributed by atoms with van der Waals surface area (Å²) in [6.45, 7) is 10.3. The van der Waals surface area contributed by atoms with E-state index in [1.54, 1.807) is 0 Å². The van der Waals surface area contributed by atoms with Crippen molar-refractivity contribution >= 4 is 5.91 Å². The molecule has 2 fully saturated rings. The Morgan fingerprint density at radius 1 is 1.04 bits per heavy atom. The zero-order chi connectivity index (χ0) is 17.6. The number of benzene rings is 1. The van der Waals surface area contributed by atoms with Gasteiger partial charge < -0.3 is 14.6 Å². The number of carbonyl (C=O) groups excluding carboxylic acids is 1. The third kappa shape index (κ3) is 3.11. The van der Waals surface area contributed by atoms with Crippen molar-refractivity contribution in [2.45, 2.75) is 26.2 Å². The van der Waals surface area contributed by atoms with Crippen molar-refractivity contribution in [3.05, 3.63) is 47.7 Å². The number of fused-ring (bicyclic) bond motifs is 1. The van der Waals surface area contributed by atoms with E-state index in [0.717, 1.165) is 37.5 Å². The fourth-order valence-corrected chi connectivity index (χ4v) is 3.92. The van der Waals surface area contributed by atoms with E-state index in [4.69, 9.17) is 4.42 Å². The number of hydrogen-bond acceptors (Lipinski definition) is 3. The third-order valence-electron chi connectivity index (χ3n) is 5.53. The summed E-state index contributed by atoms with van der Waals surface area (Å²) < 4.78 is 5.88. The SMILES string of the molecule is CC(C)(C)c1ccc(-c2ccc(C(=O)N3C[C@H]4CNC[C@H]4C3)o2)cc1. The van der Waals surface area contributed by atoms with Gasteiger partial charge in [-0.05, 0) is 34.9 Å². The first-order valence-electron chi connectivity index (χ1n) is 9.12. The van der Waals surface area contributed by atoms with Crippen molar-refractivity contribution in [3.8, 4) is 11.3 Å². The van der Waals surface area contributed by atoms with Gasteiger partial charge in [-0.25, -0.2) is 0 Å². The van der Waals surface area contributed by atoms with Crippen molar-refractivity contribution in [2.24, 2.45) is 11.8 Å². The maximum atomic E-state index is 12.7. The van der Waals surface area contributed by atoms with Crippen molar-refractivity contribution in [2.75, 3.05) is 26.2 Å². The first kappa shape index (κ1) is 16.4. The molecule has 1 amide bonds. The molecule has 4 rings (SSSR count). The van der Waals surface area contributed by atoms with Crippen LogP contribution in [0.15, 0.2) is 40.8 Å². The Bertz CT molecular complexity index is 758. The topological polar surface area (TPSA) is 45.5 Å². The van der Waals surface area contributed by atoms with Crippen LogP contribution in [-0.4, -0.2) is 37.0 Å². The molecule has 0 spiro atoms. The van der Waals surface area contributed by atoms with E-state index in [-0.39, 0.29) is 11.3 Å². The van der Waals surface area contributed by atoms with Gasteiger partial charge in [-0.2, -0.15) is 0 Å². The molecule has 0 aliphatic carbocycles. The van der Waals surface area contributed by atoms with Gasteiger partial charge >= 0.3 is 0 Å². The second kappa shape index (κ2) is 6.03. The minimum Gasteiger partial charge on any atom is -0.451 e. The van der Waals surface area contributed by atoms with Gasteiger partial charge in [-0.3, -0.25) is 4.79 Å². The van der Waals surface area contributed by atoms with Crippen LogP contribution in [-0.2, 0) is 5.41 Å². The summed E-state index contributed by atoms with van der Waals surface area (Å²) in [6.07, 6.45) is 0. The molecule has 0 radical (unpaired) electrons. The number of rotatable bonds is 2. The molecule has 2 aliphatic rings. The van der Waals surface area contributed by atoms with Crippen LogP contribution in [0.4, 0.5) is 0 Å². The van der Waals surface area contributed by atoms with Crippen LogP contribution in [0.25, 0.3) is 11.3 Å². The van der Waals surface area contributed by atoms with Gasteiger partial charge in [0.15, 0.2) is 5.76 Å². The molecule has 4 heteroatoms. The molecule has 4 nitrogen and oxygen atoms in total. The molecule has 2 saturated heterocycles. The number of nitrogens with one attached hydrogen (secondary N) is 1. The summed E-state index contributed by atoms with van der Waals surface area (Å²) >= 11 is 0. The molecule has 3 heterocycles. The number of furan rings is 1. The lowest BCUT2D eigenvalue weighted by molar-refractivity contribution is 0.0751. The van der Waals surface area contributed by atoms with Crippen LogP contribution in [0, 0.1) is 11.8 Å². The van der Waals surface area contributed by atoms with Gasteiger partial charge in [0, 0.05) is 31.7 Å². The number of hydrogen-bond donors (Lipinski definition) is 1. The number of amides is 1. The lowest BCUT2D eigenvalue weighted by Gasteiger charge is -2.18. The minimum atomic E-state index is 0.0203. The number of likely N-dealkylation sites (tertiary alicyclic amines) is 1. The van der Waals surface area contributed by atoms with Gasteiger partial charge in [-0.1, -0.05) is 45.0 Å². The Hall–Kier alpha value is -2.07. The van der Waals surface area contributed by atoms with Crippen molar-refractivity contribution in [1.82, 2.24) is 10.2 Å². The molecule has 132 valence electrons. The average molecular weight is 338 g/mol. The van der Waals surface area contributed by atoms with Crippen LogP contribution in [0.1, 0.15) is 36.9 Å². The van der Waals surface area contributed by atoms with Crippen molar-refractivity contribution in [3.63, 3.8) is 0 Å². The lowest BCUT2D eigenvalue weighted by atomic mass is 9.86. The Kier molecular flexibility index (Phi) is 3.95. The zero-order valence-electron chi connectivity index (χ0n) is 15.2. The van der Waals surface area contributed by atoms with Gasteiger partial charge in [0.2, 0.25) is 0 Å². The Morgan fingerprint density at radius 2 is 1.68 bits per heavy atom. The van der Waals surface area contributed by atoms with E-state index in [0.29, 0.717) is 17.6 Å². The normalized spacial score (nSPS) is 23.1. The molecule has 2 aliphatic heterocycles. The molecule has 1 aromatic carbocycles.